The lowest BCUT2D eigenvalue weighted by molar-refractivity contribution is 0.0834. The normalized spacial score (nSPS) is 15.1. The first-order valence-electron chi connectivity index (χ1n) is 11.7. The van der Waals surface area contributed by atoms with Gasteiger partial charge in [0.2, 0.25) is 0 Å². The molecule has 4 aromatic rings. The topological polar surface area (TPSA) is 76.8 Å². The summed E-state index contributed by atoms with van der Waals surface area (Å²) in [5, 5.41) is 5.56. The second-order valence-corrected chi connectivity index (χ2v) is 9.25. The van der Waals surface area contributed by atoms with E-state index in [1.807, 2.05) is 34.5 Å². The highest BCUT2D eigenvalue weighted by Crippen LogP contribution is 2.34. The van der Waals surface area contributed by atoms with Gasteiger partial charge >= 0.3 is 0 Å². The predicted molar refractivity (Wildman–Crippen MR) is 136 cm³/mol. The molecule has 1 aliphatic heterocycles. The molecule has 36 heavy (non-hydrogen) atoms. The fraction of sp³-hybridized carbons (Fsp3) is 0.259. The van der Waals surface area contributed by atoms with Gasteiger partial charge in [-0.05, 0) is 73.5 Å². The summed E-state index contributed by atoms with van der Waals surface area (Å²) in [6.45, 7) is 1.58. The Bertz CT molecular complexity index is 1300. The average molecular weight is 508 g/mol. The van der Waals surface area contributed by atoms with Crippen LogP contribution in [0.4, 0.5) is 15.2 Å². The number of hydrogen-bond acceptors (Lipinski definition) is 7. The molecule has 0 bridgehead atoms. The molecular formula is C27H26FN3O4S. The number of carbonyl (C=O) groups is 1. The lowest BCUT2D eigenvalue weighted by Gasteiger charge is -2.21. The molecule has 1 aliphatic rings. The number of methoxy groups -OCH3 is 1. The molecule has 1 fully saturated rings. The van der Waals surface area contributed by atoms with Crippen molar-refractivity contribution in [2.75, 3.05) is 25.2 Å². The van der Waals surface area contributed by atoms with Gasteiger partial charge in [-0.15, -0.1) is 11.3 Å². The lowest BCUT2D eigenvalue weighted by Crippen LogP contribution is -2.31. The molecule has 0 spiro atoms. The Hall–Kier alpha value is -3.69. The average Bonchev–Trinajstić information content (AvgIpc) is 3.69. The molecule has 7 nitrogen and oxygen atoms in total. The highest BCUT2D eigenvalue weighted by Gasteiger charge is 2.20. The number of hydrogen-bond donors (Lipinski definition) is 1. The molecule has 5 rings (SSSR count). The molecule has 1 unspecified atom stereocenters. The molecule has 0 saturated carbocycles. The molecule has 1 atom stereocenters. The highest BCUT2D eigenvalue weighted by molar-refractivity contribution is 7.14. The van der Waals surface area contributed by atoms with E-state index in [1.165, 1.54) is 23.5 Å². The SMILES string of the molecule is COc1ccc(N(Cc2ccc(C(=O)NCC3CCCO3)o2)c2nc(-c3ccc(F)cc3)cs2)cc1. The van der Waals surface area contributed by atoms with Crippen LogP contribution in [-0.4, -0.2) is 37.3 Å². The highest BCUT2D eigenvalue weighted by atomic mass is 32.1. The Morgan fingerprint density at radius 1 is 1.17 bits per heavy atom. The van der Waals surface area contributed by atoms with Crippen molar-refractivity contribution in [3.05, 3.63) is 83.4 Å². The number of thiazole rings is 1. The molecule has 1 N–H and O–H groups in total. The van der Waals surface area contributed by atoms with Crippen LogP contribution in [0.2, 0.25) is 0 Å². The molecule has 0 radical (unpaired) electrons. The molecule has 2 aromatic carbocycles. The van der Waals surface area contributed by atoms with Crippen molar-refractivity contribution in [3.63, 3.8) is 0 Å². The molecule has 3 heterocycles. The zero-order valence-corrected chi connectivity index (χ0v) is 20.6. The van der Waals surface area contributed by atoms with E-state index in [0.717, 1.165) is 47.3 Å². The minimum absolute atomic E-state index is 0.0640. The van der Waals surface area contributed by atoms with Crippen LogP contribution in [0.5, 0.6) is 5.75 Å². The van der Waals surface area contributed by atoms with E-state index < -0.39 is 0 Å². The van der Waals surface area contributed by atoms with Gasteiger partial charge in [-0.25, -0.2) is 9.37 Å². The zero-order chi connectivity index (χ0) is 24.9. The number of nitrogens with one attached hydrogen (secondary N) is 1. The number of nitrogens with zero attached hydrogens (tertiary/aromatic N) is 2. The van der Waals surface area contributed by atoms with Crippen molar-refractivity contribution in [1.29, 1.82) is 0 Å². The van der Waals surface area contributed by atoms with Gasteiger partial charge in [0.15, 0.2) is 10.9 Å². The number of halogens is 1. The lowest BCUT2D eigenvalue weighted by atomic mass is 10.2. The van der Waals surface area contributed by atoms with Crippen molar-refractivity contribution in [1.82, 2.24) is 10.3 Å². The predicted octanol–water partition coefficient (Wildman–Crippen LogP) is 5.80. The molecule has 1 saturated heterocycles. The number of ether oxygens (including phenoxy) is 2. The van der Waals surface area contributed by atoms with Crippen LogP contribution in [0.25, 0.3) is 11.3 Å². The number of rotatable bonds is 9. The van der Waals surface area contributed by atoms with Gasteiger partial charge in [0.1, 0.15) is 17.3 Å². The molecule has 9 heteroatoms. The summed E-state index contributed by atoms with van der Waals surface area (Å²) in [6, 6.07) is 17.4. The monoisotopic (exact) mass is 507 g/mol. The van der Waals surface area contributed by atoms with E-state index in [0.29, 0.717) is 18.8 Å². The van der Waals surface area contributed by atoms with Gasteiger partial charge in [-0.2, -0.15) is 0 Å². The quantitative estimate of drug-likeness (QED) is 0.309. The second kappa shape index (κ2) is 10.9. The van der Waals surface area contributed by atoms with Gasteiger partial charge in [-0.3, -0.25) is 4.79 Å². The van der Waals surface area contributed by atoms with Crippen molar-refractivity contribution in [3.8, 4) is 17.0 Å². The summed E-state index contributed by atoms with van der Waals surface area (Å²) in [7, 11) is 1.62. The molecule has 2 aromatic heterocycles. The third kappa shape index (κ3) is 5.58. The van der Waals surface area contributed by atoms with E-state index in [-0.39, 0.29) is 23.6 Å². The van der Waals surface area contributed by atoms with Crippen LogP contribution in [0.1, 0.15) is 29.2 Å². The number of amides is 1. The molecule has 1 amide bonds. The Morgan fingerprint density at radius 2 is 1.97 bits per heavy atom. The summed E-state index contributed by atoms with van der Waals surface area (Å²) < 4.78 is 30.1. The van der Waals surface area contributed by atoms with Crippen molar-refractivity contribution >= 4 is 28.1 Å². The summed E-state index contributed by atoms with van der Waals surface area (Å²) in [5.74, 6) is 1.06. The fourth-order valence-electron chi connectivity index (χ4n) is 4.01. The number of furan rings is 1. The standard InChI is InChI=1S/C27H26FN3O4S/c1-33-21-10-8-20(9-11-21)31(27-30-24(17-36-27)18-4-6-19(28)7-5-18)16-23-12-13-25(35-23)26(32)29-15-22-3-2-14-34-22/h4-13,17,22H,2-3,14-16H2,1H3,(H,29,32). The third-order valence-corrected chi connectivity index (χ3v) is 6.82. The number of aromatic nitrogens is 1. The first-order valence-corrected chi connectivity index (χ1v) is 12.6. The summed E-state index contributed by atoms with van der Waals surface area (Å²) >= 11 is 1.47. The Balaban J connectivity index is 1.36. The van der Waals surface area contributed by atoms with Crippen LogP contribution in [-0.2, 0) is 11.3 Å². The van der Waals surface area contributed by atoms with E-state index in [2.05, 4.69) is 5.32 Å². The maximum Gasteiger partial charge on any atom is 0.287 e. The number of anilines is 2. The fourth-order valence-corrected chi connectivity index (χ4v) is 4.87. The van der Waals surface area contributed by atoms with Gasteiger partial charge in [0.05, 0.1) is 25.5 Å². The van der Waals surface area contributed by atoms with Crippen LogP contribution in [0.15, 0.2) is 70.5 Å². The smallest absolute Gasteiger partial charge is 0.287 e. The van der Waals surface area contributed by atoms with Gasteiger partial charge in [-0.1, -0.05) is 0 Å². The van der Waals surface area contributed by atoms with Gasteiger partial charge in [0.25, 0.3) is 5.91 Å². The molecule has 0 aliphatic carbocycles. The largest absolute Gasteiger partial charge is 0.497 e. The maximum atomic E-state index is 13.4. The van der Waals surface area contributed by atoms with Crippen LogP contribution < -0.4 is 15.0 Å². The molecular weight excluding hydrogens is 481 g/mol. The second-order valence-electron chi connectivity index (χ2n) is 8.42. The summed E-state index contributed by atoms with van der Waals surface area (Å²) in [4.78, 5) is 19.4. The number of carbonyl (C=O) groups excluding carboxylic acids is 1. The molecule has 186 valence electrons. The Morgan fingerprint density at radius 3 is 2.69 bits per heavy atom. The zero-order valence-electron chi connectivity index (χ0n) is 19.8. The van der Waals surface area contributed by atoms with E-state index in [4.69, 9.17) is 18.9 Å². The van der Waals surface area contributed by atoms with Crippen LogP contribution >= 0.6 is 11.3 Å². The maximum absolute atomic E-state index is 13.4. The summed E-state index contributed by atoms with van der Waals surface area (Å²) in [6.07, 6.45) is 2.04. The van der Waals surface area contributed by atoms with Crippen molar-refractivity contribution < 1.29 is 23.1 Å². The van der Waals surface area contributed by atoms with E-state index >= 15 is 0 Å². The summed E-state index contributed by atoms with van der Waals surface area (Å²) in [5.41, 5.74) is 2.47. The van der Waals surface area contributed by atoms with Gasteiger partial charge in [0, 0.05) is 29.8 Å². The first-order chi connectivity index (χ1) is 17.6. The van der Waals surface area contributed by atoms with E-state index in [9.17, 15) is 9.18 Å². The van der Waals surface area contributed by atoms with Crippen LogP contribution in [0.3, 0.4) is 0 Å². The minimum atomic E-state index is -0.289. The minimum Gasteiger partial charge on any atom is -0.497 e. The van der Waals surface area contributed by atoms with Crippen LogP contribution in [0, 0.1) is 5.82 Å². The van der Waals surface area contributed by atoms with Crippen molar-refractivity contribution in [2.24, 2.45) is 0 Å². The number of benzene rings is 2. The Kier molecular flexibility index (Phi) is 7.29. The van der Waals surface area contributed by atoms with Crippen molar-refractivity contribution in [2.45, 2.75) is 25.5 Å². The van der Waals surface area contributed by atoms with Gasteiger partial charge < -0.3 is 24.1 Å². The Labute approximate surface area is 212 Å². The van der Waals surface area contributed by atoms with E-state index in [1.54, 1.807) is 31.4 Å². The third-order valence-electron chi connectivity index (χ3n) is 5.96. The first kappa shape index (κ1) is 24.0.